The summed E-state index contributed by atoms with van der Waals surface area (Å²) in [5.41, 5.74) is 5.43. The fourth-order valence-electron chi connectivity index (χ4n) is 2.18. The first kappa shape index (κ1) is 14.6. The van der Waals surface area contributed by atoms with E-state index in [1.807, 2.05) is 6.92 Å². The minimum atomic E-state index is -4.38. The molecule has 1 heterocycles. The standard InChI is InChI=1S/C14H16F3N3/c1-2-13-19-7-8-20(13)11-4-3-10(5-6-18)12(9-11)14(15,16)17/h3-4,7-9H,2,5-6,18H2,1H3. The van der Waals surface area contributed by atoms with Crippen molar-refractivity contribution in [3.05, 3.63) is 47.5 Å². The Morgan fingerprint density at radius 2 is 2.05 bits per heavy atom. The second-order valence-electron chi connectivity index (χ2n) is 4.44. The molecule has 1 aromatic carbocycles. The number of halogens is 3. The minimum absolute atomic E-state index is 0.188. The second-order valence-corrected chi connectivity index (χ2v) is 4.44. The molecule has 6 heteroatoms. The van der Waals surface area contributed by atoms with Crippen molar-refractivity contribution in [2.45, 2.75) is 25.9 Å². The predicted octanol–water partition coefficient (Wildman–Crippen LogP) is 2.95. The molecule has 0 aliphatic heterocycles. The summed E-state index contributed by atoms with van der Waals surface area (Å²) in [5, 5.41) is 0. The molecule has 0 saturated carbocycles. The van der Waals surface area contributed by atoms with Crippen molar-refractivity contribution in [3.63, 3.8) is 0 Å². The summed E-state index contributed by atoms with van der Waals surface area (Å²) in [4.78, 5) is 4.12. The number of aryl methyl sites for hydroxylation is 1. The van der Waals surface area contributed by atoms with Crippen LogP contribution < -0.4 is 5.73 Å². The zero-order chi connectivity index (χ0) is 14.8. The first-order chi connectivity index (χ1) is 9.47. The number of imidazole rings is 1. The van der Waals surface area contributed by atoms with E-state index in [1.165, 1.54) is 6.07 Å². The molecule has 0 aliphatic carbocycles. The zero-order valence-corrected chi connectivity index (χ0v) is 11.1. The Morgan fingerprint density at radius 3 is 2.65 bits per heavy atom. The van der Waals surface area contributed by atoms with E-state index >= 15 is 0 Å². The van der Waals surface area contributed by atoms with Crippen molar-refractivity contribution in [1.29, 1.82) is 0 Å². The summed E-state index contributed by atoms with van der Waals surface area (Å²) in [6.07, 6.45) is -0.275. The molecule has 0 aliphatic rings. The predicted molar refractivity (Wildman–Crippen MR) is 70.7 cm³/mol. The molecule has 2 N–H and O–H groups in total. The Morgan fingerprint density at radius 1 is 1.30 bits per heavy atom. The molecule has 3 nitrogen and oxygen atoms in total. The van der Waals surface area contributed by atoms with Crippen molar-refractivity contribution < 1.29 is 13.2 Å². The van der Waals surface area contributed by atoms with Gasteiger partial charge in [-0.05, 0) is 30.7 Å². The van der Waals surface area contributed by atoms with Crippen LogP contribution in [0.25, 0.3) is 5.69 Å². The minimum Gasteiger partial charge on any atom is -0.330 e. The highest BCUT2D eigenvalue weighted by Crippen LogP contribution is 2.33. The third-order valence-electron chi connectivity index (χ3n) is 3.12. The summed E-state index contributed by atoms with van der Waals surface area (Å²) in [5.74, 6) is 0.727. The van der Waals surface area contributed by atoms with Crippen LogP contribution in [-0.2, 0) is 19.0 Å². The van der Waals surface area contributed by atoms with Crippen LogP contribution >= 0.6 is 0 Å². The molecular weight excluding hydrogens is 267 g/mol. The molecule has 0 saturated heterocycles. The van der Waals surface area contributed by atoms with E-state index in [4.69, 9.17) is 5.73 Å². The molecule has 20 heavy (non-hydrogen) atoms. The van der Waals surface area contributed by atoms with Crippen LogP contribution in [-0.4, -0.2) is 16.1 Å². The highest BCUT2D eigenvalue weighted by Gasteiger charge is 2.33. The number of nitrogens with zero attached hydrogens (tertiary/aromatic N) is 2. The van der Waals surface area contributed by atoms with Gasteiger partial charge in [0.1, 0.15) is 5.82 Å². The monoisotopic (exact) mass is 283 g/mol. The van der Waals surface area contributed by atoms with Crippen LogP contribution in [0, 0.1) is 0 Å². The Bertz CT molecular complexity index is 588. The number of aromatic nitrogens is 2. The van der Waals surface area contributed by atoms with Crippen LogP contribution in [0.2, 0.25) is 0 Å². The molecule has 1 aromatic heterocycles. The van der Waals surface area contributed by atoms with E-state index in [1.54, 1.807) is 23.0 Å². The first-order valence-corrected chi connectivity index (χ1v) is 6.40. The maximum Gasteiger partial charge on any atom is 0.416 e. The smallest absolute Gasteiger partial charge is 0.330 e. The third kappa shape index (κ3) is 2.85. The summed E-state index contributed by atoms with van der Waals surface area (Å²) in [7, 11) is 0. The Kier molecular flexibility index (Phi) is 4.13. The molecule has 108 valence electrons. The fourth-order valence-corrected chi connectivity index (χ4v) is 2.18. The van der Waals surface area contributed by atoms with Gasteiger partial charge in [0.2, 0.25) is 0 Å². The second kappa shape index (κ2) is 5.66. The van der Waals surface area contributed by atoms with Crippen molar-refractivity contribution >= 4 is 0 Å². The normalized spacial score (nSPS) is 11.8. The highest BCUT2D eigenvalue weighted by atomic mass is 19.4. The van der Waals surface area contributed by atoms with Crippen molar-refractivity contribution in [2.24, 2.45) is 5.73 Å². The lowest BCUT2D eigenvalue weighted by Crippen LogP contribution is -2.13. The van der Waals surface area contributed by atoms with Gasteiger partial charge in [-0.1, -0.05) is 13.0 Å². The highest BCUT2D eigenvalue weighted by molar-refractivity contribution is 5.43. The quantitative estimate of drug-likeness (QED) is 0.937. The van der Waals surface area contributed by atoms with Gasteiger partial charge in [0, 0.05) is 24.5 Å². The third-order valence-corrected chi connectivity index (χ3v) is 3.12. The lowest BCUT2D eigenvalue weighted by Gasteiger charge is -2.15. The number of hydrogen-bond donors (Lipinski definition) is 1. The lowest BCUT2D eigenvalue weighted by molar-refractivity contribution is -0.138. The molecule has 0 radical (unpaired) electrons. The summed E-state index contributed by atoms with van der Waals surface area (Å²) < 4.78 is 41.0. The van der Waals surface area contributed by atoms with Gasteiger partial charge < -0.3 is 10.3 Å². The summed E-state index contributed by atoms with van der Waals surface area (Å²) in [6, 6.07) is 4.32. The molecule has 0 spiro atoms. The molecule has 0 amide bonds. The average molecular weight is 283 g/mol. The van der Waals surface area contributed by atoms with E-state index in [0.29, 0.717) is 12.1 Å². The first-order valence-electron chi connectivity index (χ1n) is 6.40. The zero-order valence-electron chi connectivity index (χ0n) is 11.1. The van der Waals surface area contributed by atoms with Gasteiger partial charge in [-0.3, -0.25) is 0 Å². The van der Waals surface area contributed by atoms with Crippen LogP contribution in [0.4, 0.5) is 13.2 Å². The molecule has 0 unspecified atom stereocenters. The van der Waals surface area contributed by atoms with E-state index in [9.17, 15) is 13.2 Å². The molecule has 2 aromatic rings. The van der Waals surface area contributed by atoms with Crippen LogP contribution in [0.5, 0.6) is 0 Å². The van der Waals surface area contributed by atoms with Gasteiger partial charge >= 0.3 is 6.18 Å². The van der Waals surface area contributed by atoms with E-state index in [-0.39, 0.29) is 18.5 Å². The SMILES string of the molecule is CCc1nccn1-c1ccc(CCN)c(C(F)(F)F)c1. The Labute approximate surface area is 115 Å². The maximum atomic E-state index is 13.1. The van der Waals surface area contributed by atoms with Gasteiger partial charge in [-0.25, -0.2) is 4.98 Å². The number of alkyl halides is 3. The van der Waals surface area contributed by atoms with Gasteiger partial charge in [-0.2, -0.15) is 13.2 Å². The topological polar surface area (TPSA) is 43.8 Å². The number of rotatable bonds is 4. The van der Waals surface area contributed by atoms with Crippen molar-refractivity contribution in [1.82, 2.24) is 9.55 Å². The van der Waals surface area contributed by atoms with Gasteiger partial charge in [0.25, 0.3) is 0 Å². The number of hydrogen-bond acceptors (Lipinski definition) is 2. The summed E-state index contributed by atoms with van der Waals surface area (Å²) >= 11 is 0. The van der Waals surface area contributed by atoms with Crippen molar-refractivity contribution in [2.75, 3.05) is 6.54 Å². The fraction of sp³-hybridized carbons (Fsp3) is 0.357. The Hall–Kier alpha value is -1.82. The molecule has 0 fully saturated rings. The van der Waals surface area contributed by atoms with E-state index in [0.717, 1.165) is 11.9 Å². The molecule has 0 atom stereocenters. The van der Waals surface area contributed by atoms with Gasteiger partial charge in [0.15, 0.2) is 0 Å². The van der Waals surface area contributed by atoms with E-state index < -0.39 is 11.7 Å². The summed E-state index contributed by atoms with van der Waals surface area (Å²) in [6.45, 7) is 2.10. The van der Waals surface area contributed by atoms with Gasteiger partial charge in [0.05, 0.1) is 5.56 Å². The van der Waals surface area contributed by atoms with Crippen molar-refractivity contribution in [3.8, 4) is 5.69 Å². The van der Waals surface area contributed by atoms with Crippen LogP contribution in [0.1, 0.15) is 23.9 Å². The Balaban J connectivity index is 2.52. The lowest BCUT2D eigenvalue weighted by atomic mass is 10.0. The largest absolute Gasteiger partial charge is 0.416 e. The number of benzene rings is 1. The average Bonchev–Trinajstić information content (AvgIpc) is 2.86. The van der Waals surface area contributed by atoms with Crippen LogP contribution in [0.3, 0.4) is 0 Å². The molecule has 0 bridgehead atoms. The maximum absolute atomic E-state index is 13.1. The van der Waals surface area contributed by atoms with Gasteiger partial charge in [-0.15, -0.1) is 0 Å². The number of nitrogens with two attached hydrogens (primary N) is 1. The van der Waals surface area contributed by atoms with Crippen LogP contribution in [0.15, 0.2) is 30.6 Å². The molecule has 2 rings (SSSR count). The van der Waals surface area contributed by atoms with E-state index in [2.05, 4.69) is 4.98 Å². The molecular formula is C14H16F3N3.